The molecule has 3 aromatic rings. The van der Waals surface area contributed by atoms with Crippen molar-refractivity contribution in [1.29, 1.82) is 0 Å². The van der Waals surface area contributed by atoms with Gasteiger partial charge >= 0.3 is 11.9 Å². The number of aliphatic hydroxyl groups is 1. The van der Waals surface area contributed by atoms with Crippen LogP contribution in [0.2, 0.25) is 0 Å². The van der Waals surface area contributed by atoms with Gasteiger partial charge in [0.15, 0.2) is 40.0 Å². The van der Waals surface area contributed by atoms with Crippen LogP contribution in [-0.4, -0.2) is 103 Å². The van der Waals surface area contributed by atoms with E-state index in [0.29, 0.717) is 63.8 Å². The van der Waals surface area contributed by atoms with E-state index in [2.05, 4.69) is 5.32 Å². The number of carbonyl (C=O) groups excluding carboxylic acids is 2. The second-order valence-corrected chi connectivity index (χ2v) is 15.9. The minimum Gasteiger partial charge on any atom is -0.504 e. The molecule has 15 heteroatoms. The molecule has 14 nitrogen and oxygen atoms in total. The number of benzene rings is 3. The monoisotopic (exact) mass is 763 g/mol. The van der Waals surface area contributed by atoms with Crippen LogP contribution in [0.4, 0.5) is 0 Å². The number of aryl methyl sites for hydroxylation is 1. The smallest absolute Gasteiger partial charge is 0.331 e. The first-order valence-electron chi connectivity index (χ1n) is 17.9. The van der Waals surface area contributed by atoms with Crippen LogP contribution in [0.25, 0.3) is 0 Å². The molecule has 0 aromatic heterocycles. The topological polar surface area (TPSA) is 169 Å². The molecule has 6 aliphatic heterocycles. The van der Waals surface area contributed by atoms with Crippen LogP contribution in [0.1, 0.15) is 68.8 Å². The third kappa shape index (κ3) is 5.30. The van der Waals surface area contributed by atoms with Gasteiger partial charge in [0.2, 0.25) is 6.79 Å². The molecule has 0 aliphatic carbocycles. The molecular formula is C39H45N3O11S. The second-order valence-electron chi connectivity index (χ2n) is 14.7. The number of phenolic OH excluding ortho intramolecular Hbond substituents is 2. The Labute approximate surface area is 317 Å². The summed E-state index contributed by atoms with van der Waals surface area (Å²) in [5.74, 6) is 0.776. The fourth-order valence-electron chi connectivity index (χ4n) is 9.37. The van der Waals surface area contributed by atoms with E-state index in [1.807, 2.05) is 43.8 Å². The normalized spacial score (nSPS) is 27.0. The number of carbonyl (C=O) groups is 2. The zero-order valence-corrected chi connectivity index (χ0v) is 32.1. The number of aromatic hydroxyl groups is 2. The number of hydrogen-bond donors (Lipinski definition) is 4. The third-order valence-electron chi connectivity index (χ3n) is 11.5. The Morgan fingerprint density at radius 1 is 1.02 bits per heavy atom. The van der Waals surface area contributed by atoms with Gasteiger partial charge in [0.1, 0.15) is 18.6 Å². The van der Waals surface area contributed by atoms with E-state index in [9.17, 15) is 24.9 Å². The number of rotatable bonds is 4. The molecule has 54 heavy (non-hydrogen) atoms. The number of fused-ring (bicyclic) bond motifs is 6. The van der Waals surface area contributed by atoms with Crippen molar-refractivity contribution in [3.8, 4) is 40.2 Å². The molecule has 2 bridgehead atoms. The lowest BCUT2D eigenvalue weighted by Crippen LogP contribution is -2.60. The van der Waals surface area contributed by atoms with Gasteiger partial charge in [-0.05, 0) is 68.8 Å². The summed E-state index contributed by atoms with van der Waals surface area (Å²) in [6.45, 7) is 5.17. The minimum atomic E-state index is -1.37. The Balaban J connectivity index is 1.43. The summed E-state index contributed by atoms with van der Waals surface area (Å²) in [5, 5.41) is 38.1. The van der Waals surface area contributed by atoms with Crippen LogP contribution in [0.3, 0.4) is 0 Å². The van der Waals surface area contributed by atoms with Crippen LogP contribution >= 0.6 is 11.8 Å². The highest BCUT2D eigenvalue weighted by atomic mass is 32.2. The summed E-state index contributed by atoms with van der Waals surface area (Å²) < 4.78 is 35.9. The number of phenols is 2. The maximum absolute atomic E-state index is 14.7. The number of hydrogen-bond acceptors (Lipinski definition) is 15. The van der Waals surface area contributed by atoms with Gasteiger partial charge in [0, 0.05) is 53.9 Å². The van der Waals surface area contributed by atoms with Gasteiger partial charge in [-0.2, -0.15) is 0 Å². The quantitative estimate of drug-likeness (QED) is 0.224. The van der Waals surface area contributed by atoms with Crippen molar-refractivity contribution >= 4 is 23.7 Å². The lowest BCUT2D eigenvalue weighted by Gasteiger charge is -2.53. The average Bonchev–Trinajstić information content (AvgIpc) is 3.57. The van der Waals surface area contributed by atoms with Crippen molar-refractivity contribution < 1.29 is 53.3 Å². The van der Waals surface area contributed by atoms with Gasteiger partial charge in [-0.3, -0.25) is 15.0 Å². The molecule has 6 aliphatic rings. The number of methoxy groups -OCH3 is 2. The largest absolute Gasteiger partial charge is 0.504 e. The minimum absolute atomic E-state index is 0.0156. The number of nitrogens with one attached hydrogen (secondary N) is 1. The number of likely N-dealkylation sites (N-methyl/N-ethyl adjacent to an activating group) is 1. The van der Waals surface area contributed by atoms with E-state index in [0.717, 1.165) is 16.7 Å². The zero-order chi connectivity index (χ0) is 38.4. The van der Waals surface area contributed by atoms with E-state index >= 15 is 0 Å². The summed E-state index contributed by atoms with van der Waals surface area (Å²) in [6, 6.07) is 3.27. The summed E-state index contributed by atoms with van der Waals surface area (Å²) in [7, 11) is 6.82. The van der Waals surface area contributed by atoms with E-state index in [4.69, 9.17) is 28.4 Å². The van der Waals surface area contributed by atoms with Gasteiger partial charge in [0.25, 0.3) is 0 Å². The van der Waals surface area contributed by atoms with Gasteiger partial charge in [0.05, 0.1) is 31.6 Å². The lowest BCUT2D eigenvalue weighted by atomic mass is 9.80. The van der Waals surface area contributed by atoms with Crippen molar-refractivity contribution in [1.82, 2.24) is 15.1 Å². The summed E-state index contributed by atoms with van der Waals surface area (Å²) in [5.41, 5.74) is 3.97. The highest BCUT2D eigenvalue weighted by Gasteiger charge is 2.57. The predicted octanol–water partition coefficient (Wildman–Crippen LogP) is 3.66. The molecule has 6 heterocycles. The Hall–Kier alpha value is -4.41. The second kappa shape index (κ2) is 13.4. The highest BCUT2D eigenvalue weighted by molar-refractivity contribution is 7.99. The highest BCUT2D eigenvalue weighted by Crippen LogP contribution is 2.63. The Kier molecular flexibility index (Phi) is 9.08. The van der Waals surface area contributed by atoms with Crippen molar-refractivity contribution in [2.45, 2.75) is 68.8 Å². The predicted molar refractivity (Wildman–Crippen MR) is 197 cm³/mol. The molecule has 0 saturated carbocycles. The molecule has 0 unspecified atom stereocenters. The van der Waals surface area contributed by atoms with E-state index in [1.54, 1.807) is 12.1 Å². The molecule has 9 rings (SSSR count). The van der Waals surface area contributed by atoms with Crippen LogP contribution in [0.15, 0.2) is 18.2 Å². The first-order valence-corrected chi connectivity index (χ1v) is 19.0. The van der Waals surface area contributed by atoms with Gasteiger partial charge in [-0.25, -0.2) is 4.79 Å². The van der Waals surface area contributed by atoms with E-state index in [1.165, 1.54) is 32.9 Å². The number of ether oxygens (including phenoxy) is 6. The Morgan fingerprint density at radius 2 is 1.78 bits per heavy atom. The fraction of sp³-hybridized carbons (Fsp3) is 0.487. The van der Waals surface area contributed by atoms with E-state index in [-0.39, 0.29) is 42.8 Å². The van der Waals surface area contributed by atoms with Crippen LogP contribution in [-0.2, 0) is 32.7 Å². The average molecular weight is 764 g/mol. The van der Waals surface area contributed by atoms with Crippen molar-refractivity contribution in [3.63, 3.8) is 0 Å². The van der Waals surface area contributed by atoms with Gasteiger partial charge in [-0.1, -0.05) is 6.07 Å². The molecule has 1 spiro atoms. The SMILES string of the molecule is COc1cc2c(cc1O)CCN[C@]21CS[C@@H]2c3c(OC(C)=O)c(C)c4c(c3[C@H](COC1=O)N1[C@@H]2[C@@H](N(C)C)c2c(cc(C)c(OC)c2O)C[C@@H]1O)OCO4. The lowest BCUT2D eigenvalue weighted by molar-refractivity contribution is -0.158. The summed E-state index contributed by atoms with van der Waals surface area (Å²) in [4.78, 5) is 31.6. The van der Waals surface area contributed by atoms with Crippen molar-refractivity contribution in [2.24, 2.45) is 0 Å². The summed E-state index contributed by atoms with van der Waals surface area (Å²) >= 11 is 1.45. The van der Waals surface area contributed by atoms with E-state index < -0.39 is 47.1 Å². The van der Waals surface area contributed by atoms with Crippen molar-refractivity contribution in [2.75, 3.05) is 54.0 Å². The third-order valence-corrected chi connectivity index (χ3v) is 13.0. The molecule has 0 radical (unpaired) electrons. The Morgan fingerprint density at radius 3 is 2.48 bits per heavy atom. The first kappa shape index (κ1) is 36.6. The molecule has 3 aromatic carbocycles. The molecular weight excluding hydrogens is 719 g/mol. The standard InChI is InChI=1S/C39H45N3O11S/c1-17-10-21-12-26(45)42-23-14-50-38(47)39(22-13-25(48-6)24(44)11-20(22)8-9-40-39)15-54-37(31(42)30(41(4)5)27(21)32(46)33(17)49-7)29-28(23)36-35(51-16-52-36)18(2)34(29)53-19(3)43/h10-11,13,23,26,30-31,37,40,44-46H,8-9,12,14-16H2,1-7H3/t23-,26-,30-,31+,37+,39+/m0/s1. The van der Waals surface area contributed by atoms with Crippen LogP contribution < -0.4 is 29.0 Å². The zero-order valence-electron chi connectivity index (χ0n) is 31.3. The molecule has 4 N–H and O–H groups in total. The van der Waals surface area contributed by atoms with Crippen molar-refractivity contribution in [3.05, 3.63) is 62.7 Å². The molecule has 288 valence electrons. The van der Waals surface area contributed by atoms with Crippen LogP contribution in [0.5, 0.6) is 40.2 Å². The number of aliphatic hydroxyl groups excluding tert-OH is 1. The molecule has 1 saturated heterocycles. The van der Waals surface area contributed by atoms with Gasteiger partial charge < -0.3 is 48.6 Å². The van der Waals surface area contributed by atoms with Gasteiger partial charge in [-0.15, -0.1) is 11.8 Å². The number of esters is 2. The maximum atomic E-state index is 14.7. The fourth-order valence-corrected chi connectivity index (χ4v) is 11.1. The first-order chi connectivity index (χ1) is 25.8. The molecule has 1 fully saturated rings. The molecule has 6 atom stereocenters. The number of nitrogens with zero attached hydrogens (tertiary/aromatic N) is 2. The summed E-state index contributed by atoms with van der Waals surface area (Å²) in [6.07, 6.45) is -0.407. The number of thioether (sulfide) groups is 1. The Bertz CT molecular complexity index is 2070. The molecule has 0 amide bonds. The maximum Gasteiger partial charge on any atom is 0.331 e. The van der Waals surface area contributed by atoms with Crippen LogP contribution in [0, 0.1) is 13.8 Å².